The van der Waals surface area contributed by atoms with Crippen molar-refractivity contribution in [3.8, 4) is 11.3 Å². The van der Waals surface area contributed by atoms with Crippen molar-refractivity contribution in [2.24, 2.45) is 0 Å². The van der Waals surface area contributed by atoms with E-state index in [0.29, 0.717) is 11.3 Å². The number of carbonyl (C=O) groups excluding carboxylic acids is 1. The molecule has 3 aromatic rings. The summed E-state index contributed by atoms with van der Waals surface area (Å²) in [5, 5.41) is 11.5. The van der Waals surface area contributed by atoms with Gasteiger partial charge in [-0.2, -0.15) is 0 Å². The van der Waals surface area contributed by atoms with Gasteiger partial charge in [-0.1, -0.05) is 30.3 Å². The van der Waals surface area contributed by atoms with E-state index in [0.717, 1.165) is 30.2 Å². The highest BCUT2D eigenvalue weighted by Gasteiger charge is 2.13. The largest absolute Gasteiger partial charge is 0.355 e. The molecule has 4 rings (SSSR count). The molecule has 148 valence electrons. The van der Waals surface area contributed by atoms with Gasteiger partial charge in [0.05, 0.1) is 12.1 Å². The van der Waals surface area contributed by atoms with Crippen molar-refractivity contribution in [1.82, 2.24) is 10.2 Å². The molecule has 1 N–H and O–H groups in total. The van der Waals surface area contributed by atoms with E-state index >= 15 is 0 Å². The third-order valence-electron chi connectivity index (χ3n) is 5.10. The molecule has 0 atom stereocenters. The number of anilines is 2. The van der Waals surface area contributed by atoms with Crippen LogP contribution in [0.4, 0.5) is 15.9 Å². The highest BCUT2D eigenvalue weighted by molar-refractivity contribution is 5.92. The van der Waals surface area contributed by atoms with Crippen LogP contribution in [-0.4, -0.2) is 29.2 Å². The Kier molecular flexibility index (Phi) is 5.79. The highest BCUT2D eigenvalue weighted by atomic mass is 19.1. The van der Waals surface area contributed by atoms with Crippen LogP contribution in [0, 0.1) is 5.82 Å². The Morgan fingerprint density at radius 3 is 2.38 bits per heavy atom. The molecule has 1 aliphatic heterocycles. The fraction of sp³-hybridized carbons (Fsp3) is 0.261. The first kappa shape index (κ1) is 19.1. The molecule has 0 radical (unpaired) electrons. The minimum Gasteiger partial charge on any atom is -0.355 e. The summed E-state index contributed by atoms with van der Waals surface area (Å²) in [6.07, 6.45) is 3.68. The summed E-state index contributed by atoms with van der Waals surface area (Å²) < 4.78 is 13.7. The van der Waals surface area contributed by atoms with E-state index in [9.17, 15) is 9.18 Å². The zero-order valence-corrected chi connectivity index (χ0v) is 16.1. The van der Waals surface area contributed by atoms with Gasteiger partial charge < -0.3 is 10.2 Å². The molecule has 2 aromatic carbocycles. The summed E-state index contributed by atoms with van der Waals surface area (Å²) in [5.41, 5.74) is 2.75. The monoisotopic (exact) mass is 390 g/mol. The van der Waals surface area contributed by atoms with Crippen molar-refractivity contribution in [1.29, 1.82) is 0 Å². The highest BCUT2D eigenvalue weighted by Crippen LogP contribution is 2.22. The van der Waals surface area contributed by atoms with Gasteiger partial charge >= 0.3 is 0 Å². The summed E-state index contributed by atoms with van der Waals surface area (Å²) in [7, 11) is 0. The molecule has 1 saturated heterocycles. The Balaban J connectivity index is 1.38. The Morgan fingerprint density at radius 2 is 1.69 bits per heavy atom. The van der Waals surface area contributed by atoms with Gasteiger partial charge in [0, 0.05) is 24.3 Å². The Bertz CT molecular complexity index is 967. The molecule has 0 spiro atoms. The van der Waals surface area contributed by atoms with Gasteiger partial charge in [0.15, 0.2) is 5.82 Å². The third kappa shape index (κ3) is 4.77. The number of hydrogen-bond donors (Lipinski definition) is 1. The minimum atomic E-state index is -0.371. The van der Waals surface area contributed by atoms with Gasteiger partial charge in [-0.3, -0.25) is 4.79 Å². The predicted octanol–water partition coefficient (Wildman–Crippen LogP) is 4.45. The summed E-state index contributed by atoms with van der Waals surface area (Å²) >= 11 is 0. The van der Waals surface area contributed by atoms with Crippen LogP contribution in [0.3, 0.4) is 0 Å². The van der Waals surface area contributed by atoms with Gasteiger partial charge in [0.25, 0.3) is 0 Å². The summed E-state index contributed by atoms with van der Waals surface area (Å²) in [5.74, 6) is 0.295. The molecule has 1 aliphatic rings. The Hall–Kier alpha value is -3.28. The SMILES string of the molecule is O=C(Cc1ccccc1F)Nc1ccc(-c2ccc(N3CCCCC3)nn2)cc1. The molecule has 1 aromatic heterocycles. The van der Waals surface area contributed by atoms with E-state index in [1.165, 1.54) is 25.3 Å². The van der Waals surface area contributed by atoms with Crippen molar-refractivity contribution < 1.29 is 9.18 Å². The quantitative estimate of drug-likeness (QED) is 0.699. The second kappa shape index (κ2) is 8.82. The van der Waals surface area contributed by atoms with Crippen LogP contribution in [-0.2, 0) is 11.2 Å². The first-order valence-corrected chi connectivity index (χ1v) is 9.91. The summed E-state index contributed by atoms with van der Waals surface area (Å²) in [6, 6.07) is 17.7. The standard InChI is InChI=1S/C23H23FN4O/c24-20-7-3-2-6-18(20)16-23(29)25-19-10-8-17(9-11-19)21-12-13-22(27-26-21)28-14-4-1-5-15-28/h2-3,6-13H,1,4-5,14-16H2,(H,25,29). The zero-order chi connectivity index (χ0) is 20.1. The molecule has 0 aliphatic carbocycles. The second-order valence-corrected chi connectivity index (χ2v) is 7.22. The predicted molar refractivity (Wildman–Crippen MR) is 112 cm³/mol. The van der Waals surface area contributed by atoms with E-state index in [-0.39, 0.29) is 18.1 Å². The maximum Gasteiger partial charge on any atom is 0.228 e. The molecule has 1 amide bonds. The van der Waals surface area contributed by atoms with Crippen LogP contribution in [0.2, 0.25) is 0 Å². The van der Waals surface area contributed by atoms with E-state index in [2.05, 4.69) is 20.4 Å². The molecule has 5 nitrogen and oxygen atoms in total. The number of benzene rings is 2. The van der Waals surface area contributed by atoms with E-state index in [1.807, 2.05) is 36.4 Å². The lowest BCUT2D eigenvalue weighted by molar-refractivity contribution is -0.115. The average molecular weight is 390 g/mol. The third-order valence-corrected chi connectivity index (χ3v) is 5.10. The van der Waals surface area contributed by atoms with Crippen LogP contribution in [0.15, 0.2) is 60.7 Å². The number of carbonyl (C=O) groups is 1. The van der Waals surface area contributed by atoms with Crippen LogP contribution in [0.1, 0.15) is 24.8 Å². The fourth-order valence-electron chi connectivity index (χ4n) is 3.52. The Morgan fingerprint density at radius 1 is 0.931 bits per heavy atom. The molecule has 1 fully saturated rings. The molecule has 0 bridgehead atoms. The molecule has 2 heterocycles. The average Bonchev–Trinajstić information content (AvgIpc) is 2.77. The van der Waals surface area contributed by atoms with E-state index < -0.39 is 0 Å². The fourth-order valence-corrected chi connectivity index (χ4v) is 3.52. The normalized spacial score (nSPS) is 13.9. The lowest BCUT2D eigenvalue weighted by Crippen LogP contribution is -2.30. The number of amides is 1. The second-order valence-electron chi connectivity index (χ2n) is 7.22. The van der Waals surface area contributed by atoms with Gasteiger partial charge in [-0.15, -0.1) is 10.2 Å². The molecular formula is C23H23FN4O. The molecule has 29 heavy (non-hydrogen) atoms. The Labute approximate surface area is 169 Å². The number of rotatable bonds is 5. The van der Waals surface area contributed by atoms with Crippen molar-refractivity contribution in [2.75, 3.05) is 23.3 Å². The summed E-state index contributed by atoms with van der Waals surface area (Å²) in [6.45, 7) is 2.07. The zero-order valence-electron chi connectivity index (χ0n) is 16.1. The van der Waals surface area contributed by atoms with Crippen LogP contribution in [0.5, 0.6) is 0 Å². The van der Waals surface area contributed by atoms with Gasteiger partial charge in [0.2, 0.25) is 5.91 Å². The van der Waals surface area contributed by atoms with Gasteiger partial charge in [-0.25, -0.2) is 4.39 Å². The number of nitrogens with one attached hydrogen (secondary N) is 1. The lowest BCUT2D eigenvalue weighted by atomic mass is 10.1. The van der Waals surface area contributed by atoms with E-state index in [4.69, 9.17) is 0 Å². The summed E-state index contributed by atoms with van der Waals surface area (Å²) in [4.78, 5) is 14.4. The van der Waals surface area contributed by atoms with Crippen molar-refractivity contribution in [3.63, 3.8) is 0 Å². The number of nitrogens with zero attached hydrogens (tertiary/aromatic N) is 3. The van der Waals surface area contributed by atoms with Crippen molar-refractivity contribution in [3.05, 3.63) is 72.0 Å². The smallest absolute Gasteiger partial charge is 0.228 e. The lowest BCUT2D eigenvalue weighted by Gasteiger charge is -2.27. The number of hydrogen-bond acceptors (Lipinski definition) is 4. The first-order valence-electron chi connectivity index (χ1n) is 9.91. The number of halogens is 1. The van der Waals surface area contributed by atoms with Crippen LogP contribution in [0.25, 0.3) is 11.3 Å². The van der Waals surface area contributed by atoms with E-state index in [1.54, 1.807) is 18.2 Å². The molecule has 6 heteroatoms. The molecule has 0 unspecified atom stereocenters. The van der Waals surface area contributed by atoms with Crippen LogP contribution < -0.4 is 10.2 Å². The first-order chi connectivity index (χ1) is 14.2. The van der Waals surface area contributed by atoms with Crippen LogP contribution >= 0.6 is 0 Å². The number of piperidine rings is 1. The topological polar surface area (TPSA) is 58.1 Å². The van der Waals surface area contributed by atoms with Crippen molar-refractivity contribution in [2.45, 2.75) is 25.7 Å². The van der Waals surface area contributed by atoms with Crippen molar-refractivity contribution >= 4 is 17.4 Å². The number of aromatic nitrogens is 2. The van der Waals surface area contributed by atoms with Gasteiger partial charge in [0.1, 0.15) is 5.82 Å². The maximum atomic E-state index is 13.7. The molecular weight excluding hydrogens is 367 g/mol. The van der Waals surface area contributed by atoms with Gasteiger partial charge in [-0.05, 0) is 55.2 Å². The molecule has 0 saturated carbocycles. The maximum absolute atomic E-state index is 13.7. The minimum absolute atomic E-state index is 0.00212.